The van der Waals surface area contributed by atoms with Gasteiger partial charge in [-0.2, -0.15) is 39.5 Å². The maximum absolute atomic E-state index is 14.0. The van der Waals surface area contributed by atoms with Crippen molar-refractivity contribution >= 4 is 23.5 Å². The highest BCUT2D eigenvalue weighted by Crippen LogP contribution is 2.57. The minimum absolute atomic E-state index is 0.0940. The second kappa shape index (κ2) is 6.97. The highest BCUT2D eigenvalue weighted by molar-refractivity contribution is 8.22. The summed E-state index contributed by atoms with van der Waals surface area (Å²) in [6, 6.07) is 0. The van der Waals surface area contributed by atoms with Gasteiger partial charge in [0, 0.05) is 9.81 Å². The van der Waals surface area contributed by atoms with E-state index in [2.05, 4.69) is 0 Å². The molecule has 0 saturated carbocycles. The van der Waals surface area contributed by atoms with E-state index in [-0.39, 0.29) is 10.7 Å². The Morgan fingerprint density at radius 2 is 1.35 bits per heavy atom. The van der Waals surface area contributed by atoms with E-state index >= 15 is 0 Å². The summed E-state index contributed by atoms with van der Waals surface area (Å²) < 4.78 is 117. The molecule has 0 aliphatic carbocycles. The van der Waals surface area contributed by atoms with E-state index in [4.69, 9.17) is 0 Å². The Morgan fingerprint density at radius 3 is 1.74 bits per heavy atom. The summed E-state index contributed by atoms with van der Waals surface area (Å²) in [4.78, 5) is 0. The van der Waals surface area contributed by atoms with Crippen LogP contribution in [0, 0.1) is 0 Å². The van der Waals surface area contributed by atoms with Crippen molar-refractivity contribution in [3.05, 3.63) is 9.81 Å². The molecule has 1 aliphatic heterocycles. The van der Waals surface area contributed by atoms with E-state index in [1.54, 1.807) is 0 Å². The summed E-state index contributed by atoms with van der Waals surface area (Å²) in [6.45, 7) is 1.34. The lowest BCUT2D eigenvalue weighted by Crippen LogP contribution is -2.61. The van der Waals surface area contributed by atoms with Crippen molar-refractivity contribution in [2.45, 2.75) is 50.1 Å². The number of alkyl halides is 9. The molecule has 0 N–H and O–H groups in total. The molecule has 11 heteroatoms. The zero-order chi connectivity index (χ0) is 18.1. The molecule has 0 aromatic carbocycles. The fourth-order valence-corrected chi connectivity index (χ4v) is 4.58. The molecule has 1 rings (SSSR count). The third-order valence-electron chi connectivity index (χ3n) is 3.03. The molecule has 0 bridgehead atoms. The van der Waals surface area contributed by atoms with Gasteiger partial charge in [-0.1, -0.05) is 13.3 Å². The Hall–Kier alpha value is -0.190. The average molecular weight is 392 g/mol. The third-order valence-corrected chi connectivity index (χ3v) is 5.73. The number of thioether (sulfide) groups is 2. The van der Waals surface area contributed by atoms with Crippen LogP contribution in [0.4, 0.5) is 39.5 Å². The Morgan fingerprint density at radius 1 is 0.870 bits per heavy atom. The van der Waals surface area contributed by atoms with E-state index in [0.717, 1.165) is 23.5 Å². The normalized spacial score (nSPS) is 18.3. The summed E-state index contributed by atoms with van der Waals surface area (Å²) >= 11 is 1.55. The minimum atomic E-state index is -6.84. The highest BCUT2D eigenvalue weighted by Gasteiger charge is 2.82. The number of rotatable bonds is 5. The van der Waals surface area contributed by atoms with Crippen molar-refractivity contribution in [2.75, 3.05) is 11.5 Å². The first-order chi connectivity index (χ1) is 10.3. The maximum atomic E-state index is 14.0. The topological polar surface area (TPSA) is 0 Å². The lowest BCUT2D eigenvalue weighted by atomic mass is 9.95. The van der Waals surface area contributed by atoms with Gasteiger partial charge < -0.3 is 0 Å². The molecule has 0 aromatic heterocycles. The zero-order valence-corrected chi connectivity index (χ0v) is 13.4. The molecule has 0 atom stereocenters. The number of halogens is 9. The Kier molecular flexibility index (Phi) is 6.32. The lowest BCUT2D eigenvalue weighted by Gasteiger charge is -2.36. The van der Waals surface area contributed by atoms with E-state index in [0.29, 0.717) is 17.9 Å². The predicted molar refractivity (Wildman–Crippen MR) is 72.4 cm³/mol. The van der Waals surface area contributed by atoms with Crippen LogP contribution in [0.1, 0.15) is 26.2 Å². The first-order valence-corrected chi connectivity index (χ1v) is 8.47. The molecular formula is C12H13F9S2. The van der Waals surface area contributed by atoms with Gasteiger partial charge in [0.25, 0.3) is 0 Å². The quantitative estimate of drug-likeness (QED) is 0.501. The monoisotopic (exact) mass is 392 g/mol. The first kappa shape index (κ1) is 20.9. The van der Waals surface area contributed by atoms with Gasteiger partial charge in [-0.25, -0.2) is 0 Å². The minimum Gasteiger partial charge on any atom is -0.194 e. The lowest BCUT2D eigenvalue weighted by molar-refractivity contribution is -0.390. The molecule has 0 amide bonds. The van der Waals surface area contributed by atoms with E-state index in [1.165, 1.54) is 6.92 Å². The molecule has 0 spiro atoms. The molecule has 0 nitrogen and oxygen atoms in total. The maximum Gasteiger partial charge on any atom is 0.460 e. The van der Waals surface area contributed by atoms with Crippen LogP contribution in [-0.4, -0.2) is 35.4 Å². The molecule has 0 unspecified atom stereocenters. The third kappa shape index (κ3) is 3.74. The molecule has 0 radical (unpaired) electrons. The van der Waals surface area contributed by atoms with Crippen LogP contribution in [0.15, 0.2) is 9.81 Å². The highest BCUT2D eigenvalue weighted by atomic mass is 32.2. The van der Waals surface area contributed by atoms with Gasteiger partial charge in [-0.3, -0.25) is 0 Å². The van der Waals surface area contributed by atoms with E-state index in [1.807, 2.05) is 0 Å². The molecule has 1 aliphatic rings. The van der Waals surface area contributed by atoms with Crippen molar-refractivity contribution in [1.29, 1.82) is 0 Å². The van der Waals surface area contributed by atoms with Crippen molar-refractivity contribution in [2.24, 2.45) is 0 Å². The summed E-state index contributed by atoms with van der Waals surface area (Å²) in [7, 11) is 0. The standard InChI is InChI=1S/C12H13F9S2/c1-2-4-7(8-22-5-3-6-23-8)9(13,14)10(15,16)11(17,18)12(19,20)21/h2-6H2,1H3. The van der Waals surface area contributed by atoms with Crippen LogP contribution in [0.2, 0.25) is 0 Å². The molecule has 23 heavy (non-hydrogen) atoms. The van der Waals surface area contributed by atoms with Crippen molar-refractivity contribution in [3.63, 3.8) is 0 Å². The Balaban J connectivity index is 3.39. The van der Waals surface area contributed by atoms with E-state index in [9.17, 15) is 39.5 Å². The van der Waals surface area contributed by atoms with Crippen LogP contribution in [0.3, 0.4) is 0 Å². The fraction of sp³-hybridized carbons (Fsp3) is 0.833. The average Bonchev–Trinajstić information content (AvgIpc) is 2.43. The number of allylic oxidation sites excluding steroid dienone is 1. The van der Waals surface area contributed by atoms with E-state index < -0.39 is 35.9 Å². The van der Waals surface area contributed by atoms with Crippen LogP contribution >= 0.6 is 23.5 Å². The molecule has 1 fully saturated rings. The van der Waals surface area contributed by atoms with Crippen molar-refractivity contribution < 1.29 is 39.5 Å². The van der Waals surface area contributed by atoms with Gasteiger partial charge in [0.05, 0.1) is 0 Å². The number of hydrogen-bond donors (Lipinski definition) is 0. The molecule has 1 saturated heterocycles. The second-order valence-corrected chi connectivity index (χ2v) is 7.26. The summed E-state index contributed by atoms with van der Waals surface area (Å²) in [5.74, 6) is -18.4. The van der Waals surface area contributed by atoms with Gasteiger partial charge >= 0.3 is 23.9 Å². The summed E-state index contributed by atoms with van der Waals surface area (Å²) in [5, 5.41) is 0. The van der Waals surface area contributed by atoms with Crippen molar-refractivity contribution in [3.8, 4) is 0 Å². The Labute approximate surface area is 135 Å². The van der Waals surface area contributed by atoms with Crippen molar-refractivity contribution in [1.82, 2.24) is 0 Å². The van der Waals surface area contributed by atoms with Gasteiger partial charge in [0.2, 0.25) is 0 Å². The predicted octanol–water partition coefficient (Wildman–Crippen LogP) is 6.34. The Bertz CT molecular complexity index is 446. The van der Waals surface area contributed by atoms with Crippen LogP contribution in [0.25, 0.3) is 0 Å². The second-order valence-electron chi connectivity index (χ2n) is 4.79. The van der Waals surface area contributed by atoms with Gasteiger partial charge in [-0.15, -0.1) is 23.5 Å². The molecule has 0 aromatic rings. The first-order valence-electron chi connectivity index (χ1n) is 6.50. The summed E-state index contributed by atoms with van der Waals surface area (Å²) in [5.41, 5.74) is -1.34. The fourth-order valence-electron chi connectivity index (χ4n) is 1.81. The molecule has 136 valence electrons. The smallest absolute Gasteiger partial charge is 0.194 e. The van der Waals surface area contributed by atoms with Crippen LogP contribution in [-0.2, 0) is 0 Å². The van der Waals surface area contributed by atoms with Crippen LogP contribution in [0.5, 0.6) is 0 Å². The van der Waals surface area contributed by atoms with Crippen LogP contribution < -0.4 is 0 Å². The molecule has 1 heterocycles. The largest absolute Gasteiger partial charge is 0.460 e. The SMILES string of the molecule is CCCC(=C1SCCCS1)C(F)(F)C(F)(F)C(F)(F)C(F)(F)F. The molecular weight excluding hydrogens is 379 g/mol. The van der Waals surface area contributed by atoms with Gasteiger partial charge in [-0.05, 0) is 24.3 Å². The summed E-state index contributed by atoms with van der Waals surface area (Å²) in [6.07, 6.45) is -6.97. The van der Waals surface area contributed by atoms with Gasteiger partial charge in [0.1, 0.15) is 0 Å². The van der Waals surface area contributed by atoms with Gasteiger partial charge in [0.15, 0.2) is 0 Å². The number of hydrogen-bond acceptors (Lipinski definition) is 2. The zero-order valence-electron chi connectivity index (χ0n) is 11.8.